The van der Waals surface area contributed by atoms with Gasteiger partial charge in [0.15, 0.2) is 0 Å². The molecule has 19 heavy (non-hydrogen) atoms. The Hall–Kier alpha value is -1.36. The molecule has 2 rings (SSSR count). The normalized spacial score (nSPS) is 10.6. The van der Waals surface area contributed by atoms with Crippen LogP contribution in [0.1, 0.15) is 15.3 Å². The first-order valence-electron chi connectivity index (χ1n) is 6.24. The second-order valence-electron chi connectivity index (χ2n) is 4.27. The number of rotatable bonds is 7. The van der Waals surface area contributed by atoms with E-state index in [0.29, 0.717) is 13.2 Å². The van der Waals surface area contributed by atoms with Crippen molar-refractivity contribution in [3.05, 3.63) is 51.7 Å². The van der Waals surface area contributed by atoms with Crippen molar-refractivity contribution < 1.29 is 9.47 Å². The van der Waals surface area contributed by atoms with E-state index in [1.807, 2.05) is 31.3 Å². The van der Waals surface area contributed by atoms with Crippen molar-refractivity contribution in [1.82, 2.24) is 5.32 Å². The molecule has 0 fully saturated rings. The van der Waals surface area contributed by atoms with Gasteiger partial charge in [-0.3, -0.25) is 0 Å². The third kappa shape index (κ3) is 4.35. The number of thiophene rings is 1. The molecule has 1 aromatic heterocycles. The lowest BCUT2D eigenvalue weighted by molar-refractivity contribution is 0.184. The summed E-state index contributed by atoms with van der Waals surface area (Å²) in [5, 5.41) is 3.15. The summed E-state index contributed by atoms with van der Waals surface area (Å²) < 4.78 is 10.9. The molecule has 0 radical (unpaired) electrons. The minimum absolute atomic E-state index is 0.614. The van der Waals surface area contributed by atoms with Crippen molar-refractivity contribution in [2.24, 2.45) is 0 Å². The van der Waals surface area contributed by atoms with Crippen molar-refractivity contribution in [2.75, 3.05) is 14.2 Å². The largest absolute Gasteiger partial charge is 0.488 e. The molecule has 0 saturated carbocycles. The minimum Gasteiger partial charge on any atom is -0.488 e. The van der Waals surface area contributed by atoms with Gasteiger partial charge >= 0.3 is 0 Å². The van der Waals surface area contributed by atoms with Crippen LogP contribution in [0.25, 0.3) is 0 Å². The second kappa shape index (κ2) is 7.28. The second-order valence-corrected chi connectivity index (χ2v) is 5.52. The van der Waals surface area contributed by atoms with Crippen LogP contribution in [0.4, 0.5) is 0 Å². The average Bonchev–Trinajstić information content (AvgIpc) is 2.86. The maximum absolute atomic E-state index is 5.80. The molecule has 0 bridgehead atoms. The Kier molecular flexibility index (Phi) is 5.39. The van der Waals surface area contributed by atoms with Gasteiger partial charge in [-0.2, -0.15) is 0 Å². The lowest BCUT2D eigenvalue weighted by Gasteiger charge is -2.06. The molecular formula is C15H19NO2S. The zero-order valence-corrected chi connectivity index (χ0v) is 12.1. The molecule has 2 aromatic rings. The predicted molar refractivity (Wildman–Crippen MR) is 78.6 cm³/mol. The van der Waals surface area contributed by atoms with E-state index < -0.39 is 0 Å². The van der Waals surface area contributed by atoms with Crippen LogP contribution in [-0.4, -0.2) is 14.2 Å². The number of benzene rings is 1. The van der Waals surface area contributed by atoms with E-state index >= 15 is 0 Å². The zero-order chi connectivity index (χ0) is 13.5. The summed E-state index contributed by atoms with van der Waals surface area (Å²) in [6.07, 6.45) is 0. The topological polar surface area (TPSA) is 30.5 Å². The van der Waals surface area contributed by atoms with Gasteiger partial charge in [0.05, 0.1) is 6.61 Å². The highest BCUT2D eigenvalue weighted by molar-refractivity contribution is 7.11. The summed E-state index contributed by atoms with van der Waals surface area (Å²) in [5.41, 5.74) is 1.13. The third-order valence-electron chi connectivity index (χ3n) is 2.66. The number of ether oxygens (including phenoxy) is 2. The van der Waals surface area contributed by atoms with Gasteiger partial charge in [-0.05, 0) is 36.9 Å². The van der Waals surface area contributed by atoms with E-state index in [9.17, 15) is 0 Å². The van der Waals surface area contributed by atoms with Crippen LogP contribution >= 0.6 is 11.3 Å². The first kappa shape index (κ1) is 14.1. The molecule has 0 unspecified atom stereocenters. The van der Waals surface area contributed by atoms with Crippen LogP contribution in [0.2, 0.25) is 0 Å². The van der Waals surface area contributed by atoms with Gasteiger partial charge in [-0.15, -0.1) is 11.3 Å². The van der Waals surface area contributed by atoms with Gasteiger partial charge in [0, 0.05) is 23.4 Å². The zero-order valence-electron chi connectivity index (χ0n) is 11.3. The fraction of sp³-hybridized carbons (Fsp3) is 0.333. The van der Waals surface area contributed by atoms with Crippen molar-refractivity contribution in [1.29, 1.82) is 0 Å². The number of hydrogen-bond acceptors (Lipinski definition) is 4. The van der Waals surface area contributed by atoms with E-state index in [0.717, 1.165) is 17.9 Å². The lowest BCUT2D eigenvalue weighted by Crippen LogP contribution is -2.02. The van der Waals surface area contributed by atoms with E-state index in [1.54, 1.807) is 18.4 Å². The molecule has 0 amide bonds. The van der Waals surface area contributed by atoms with Crippen molar-refractivity contribution in [2.45, 2.75) is 19.8 Å². The lowest BCUT2D eigenvalue weighted by atomic mass is 10.2. The molecule has 3 nitrogen and oxygen atoms in total. The standard InChI is InChI=1S/C15H19NO2S/c1-16-9-14-6-7-15(19-14)11-18-13-5-3-4-12(8-13)10-17-2/h3-8,16H,9-11H2,1-2H3. The van der Waals surface area contributed by atoms with Crippen LogP contribution < -0.4 is 10.1 Å². The van der Waals surface area contributed by atoms with E-state index in [-0.39, 0.29) is 0 Å². The molecule has 0 atom stereocenters. The predicted octanol–water partition coefficient (Wildman–Crippen LogP) is 3.19. The molecule has 4 heteroatoms. The summed E-state index contributed by atoms with van der Waals surface area (Å²) in [5.74, 6) is 0.887. The SMILES string of the molecule is CNCc1ccc(COc2cccc(COC)c2)s1. The molecule has 102 valence electrons. The maximum atomic E-state index is 5.80. The van der Waals surface area contributed by atoms with Crippen LogP contribution in [0.5, 0.6) is 5.75 Å². The Morgan fingerprint density at radius 1 is 1.11 bits per heavy atom. The monoisotopic (exact) mass is 277 g/mol. The van der Waals surface area contributed by atoms with Crippen LogP contribution in [0.15, 0.2) is 36.4 Å². The molecule has 1 aromatic carbocycles. The average molecular weight is 277 g/mol. The maximum Gasteiger partial charge on any atom is 0.122 e. The fourth-order valence-electron chi connectivity index (χ4n) is 1.82. The quantitative estimate of drug-likeness (QED) is 0.843. The summed E-state index contributed by atoms with van der Waals surface area (Å²) in [4.78, 5) is 2.57. The number of hydrogen-bond donors (Lipinski definition) is 1. The molecule has 0 aliphatic carbocycles. The summed E-state index contributed by atoms with van der Waals surface area (Å²) in [6, 6.07) is 12.3. The van der Waals surface area contributed by atoms with E-state index in [2.05, 4.69) is 17.4 Å². The molecule has 0 aliphatic heterocycles. The van der Waals surface area contributed by atoms with Gasteiger partial charge in [-0.1, -0.05) is 12.1 Å². The Balaban J connectivity index is 1.91. The fourth-order valence-corrected chi connectivity index (χ4v) is 2.76. The van der Waals surface area contributed by atoms with E-state index in [4.69, 9.17) is 9.47 Å². The molecule has 0 aliphatic rings. The number of nitrogens with one attached hydrogen (secondary N) is 1. The van der Waals surface area contributed by atoms with Gasteiger partial charge in [0.2, 0.25) is 0 Å². The van der Waals surface area contributed by atoms with E-state index in [1.165, 1.54) is 9.75 Å². The van der Waals surface area contributed by atoms with Crippen molar-refractivity contribution in [3.8, 4) is 5.75 Å². The molecule has 1 heterocycles. The first-order chi connectivity index (χ1) is 9.31. The molecular weight excluding hydrogens is 258 g/mol. The minimum atomic E-state index is 0.614. The molecule has 0 spiro atoms. The van der Waals surface area contributed by atoms with Crippen LogP contribution in [0.3, 0.4) is 0 Å². The third-order valence-corrected chi connectivity index (χ3v) is 3.72. The Labute approximate surface area is 118 Å². The molecule has 0 saturated heterocycles. The van der Waals surface area contributed by atoms with Gasteiger partial charge in [0.1, 0.15) is 12.4 Å². The van der Waals surface area contributed by atoms with Gasteiger partial charge < -0.3 is 14.8 Å². The summed E-state index contributed by atoms with van der Waals surface area (Å²) in [6.45, 7) is 2.14. The van der Waals surface area contributed by atoms with Crippen molar-refractivity contribution >= 4 is 11.3 Å². The Morgan fingerprint density at radius 2 is 1.95 bits per heavy atom. The number of methoxy groups -OCH3 is 1. The van der Waals surface area contributed by atoms with Crippen molar-refractivity contribution in [3.63, 3.8) is 0 Å². The highest BCUT2D eigenvalue weighted by Crippen LogP contribution is 2.20. The Morgan fingerprint density at radius 3 is 2.74 bits per heavy atom. The summed E-state index contributed by atoms with van der Waals surface area (Å²) in [7, 11) is 3.65. The van der Waals surface area contributed by atoms with Gasteiger partial charge in [-0.25, -0.2) is 0 Å². The highest BCUT2D eigenvalue weighted by Gasteiger charge is 2.01. The van der Waals surface area contributed by atoms with Crippen LogP contribution in [-0.2, 0) is 24.5 Å². The Bertz CT molecular complexity index is 510. The smallest absolute Gasteiger partial charge is 0.122 e. The first-order valence-corrected chi connectivity index (χ1v) is 7.06. The van der Waals surface area contributed by atoms with Crippen LogP contribution in [0, 0.1) is 0 Å². The summed E-state index contributed by atoms with van der Waals surface area (Å²) >= 11 is 1.78. The highest BCUT2D eigenvalue weighted by atomic mass is 32.1. The molecule has 1 N–H and O–H groups in total. The van der Waals surface area contributed by atoms with Gasteiger partial charge in [0.25, 0.3) is 0 Å².